The van der Waals surface area contributed by atoms with Gasteiger partial charge in [-0.2, -0.15) is 0 Å². The minimum absolute atomic E-state index is 0.254. The number of hydrogen-bond acceptors (Lipinski definition) is 4. The second-order valence-electron chi connectivity index (χ2n) is 5.93. The number of halogens is 1. The summed E-state index contributed by atoms with van der Waals surface area (Å²) in [6, 6.07) is 19.6. The molecular formula is C22H20ClNO4. The van der Waals surface area contributed by atoms with E-state index in [0.717, 1.165) is 5.56 Å². The molecule has 0 saturated carbocycles. The summed E-state index contributed by atoms with van der Waals surface area (Å²) in [5.74, 6) is 1.46. The zero-order valence-electron chi connectivity index (χ0n) is 15.6. The summed E-state index contributed by atoms with van der Waals surface area (Å²) in [6.45, 7) is 0.320. The predicted octanol–water partition coefficient (Wildman–Crippen LogP) is 5.19. The summed E-state index contributed by atoms with van der Waals surface area (Å²) in [5.41, 5.74) is 1.96. The van der Waals surface area contributed by atoms with E-state index in [1.165, 1.54) is 0 Å². The van der Waals surface area contributed by atoms with Crippen molar-refractivity contribution in [1.29, 1.82) is 0 Å². The Bertz CT molecular complexity index is 974. The molecule has 6 heteroatoms. The van der Waals surface area contributed by atoms with Crippen LogP contribution in [0.2, 0.25) is 5.02 Å². The number of methoxy groups -OCH3 is 2. The van der Waals surface area contributed by atoms with Crippen LogP contribution in [0, 0.1) is 0 Å². The summed E-state index contributed by atoms with van der Waals surface area (Å²) in [4.78, 5) is 12.6. The van der Waals surface area contributed by atoms with E-state index in [1.54, 1.807) is 56.7 Å². The van der Waals surface area contributed by atoms with E-state index >= 15 is 0 Å². The van der Waals surface area contributed by atoms with Gasteiger partial charge in [0.2, 0.25) is 0 Å². The average molecular weight is 398 g/mol. The molecule has 0 unspecified atom stereocenters. The second-order valence-corrected chi connectivity index (χ2v) is 6.34. The fourth-order valence-electron chi connectivity index (χ4n) is 2.62. The fourth-order valence-corrected chi connectivity index (χ4v) is 2.81. The van der Waals surface area contributed by atoms with E-state index in [4.69, 9.17) is 25.8 Å². The number of nitrogens with one attached hydrogen (secondary N) is 1. The molecule has 0 fully saturated rings. The smallest absolute Gasteiger partial charge is 0.255 e. The van der Waals surface area contributed by atoms with Gasteiger partial charge in [-0.1, -0.05) is 35.9 Å². The van der Waals surface area contributed by atoms with Gasteiger partial charge in [-0.05, 0) is 36.4 Å². The van der Waals surface area contributed by atoms with Crippen molar-refractivity contribution in [2.75, 3.05) is 19.5 Å². The fraction of sp³-hybridized carbons (Fsp3) is 0.136. The first-order valence-electron chi connectivity index (χ1n) is 8.60. The number of carbonyl (C=O) groups is 1. The van der Waals surface area contributed by atoms with E-state index in [1.807, 2.05) is 24.3 Å². The van der Waals surface area contributed by atoms with Crippen LogP contribution in [0.15, 0.2) is 66.7 Å². The monoisotopic (exact) mass is 397 g/mol. The van der Waals surface area contributed by atoms with Crippen LogP contribution in [0.5, 0.6) is 17.2 Å². The highest BCUT2D eigenvalue weighted by Crippen LogP contribution is 2.30. The first-order valence-corrected chi connectivity index (χ1v) is 8.98. The third-order valence-electron chi connectivity index (χ3n) is 4.09. The molecule has 1 N–H and O–H groups in total. The minimum Gasteiger partial charge on any atom is -0.493 e. The topological polar surface area (TPSA) is 56.8 Å². The van der Waals surface area contributed by atoms with Gasteiger partial charge in [-0.25, -0.2) is 0 Å². The Hall–Kier alpha value is -3.18. The lowest BCUT2D eigenvalue weighted by Crippen LogP contribution is -2.12. The summed E-state index contributed by atoms with van der Waals surface area (Å²) in [7, 11) is 3.10. The van der Waals surface area contributed by atoms with Gasteiger partial charge >= 0.3 is 0 Å². The highest BCUT2D eigenvalue weighted by Gasteiger charge is 2.10. The molecule has 144 valence electrons. The number of ether oxygens (including phenoxy) is 3. The van der Waals surface area contributed by atoms with Crippen LogP contribution >= 0.6 is 11.6 Å². The Morgan fingerprint density at radius 3 is 2.46 bits per heavy atom. The van der Waals surface area contributed by atoms with E-state index in [-0.39, 0.29) is 5.91 Å². The van der Waals surface area contributed by atoms with Crippen molar-refractivity contribution < 1.29 is 19.0 Å². The Balaban J connectivity index is 1.69. The van der Waals surface area contributed by atoms with Gasteiger partial charge in [-0.3, -0.25) is 4.79 Å². The molecule has 0 spiro atoms. The molecule has 3 aromatic carbocycles. The van der Waals surface area contributed by atoms with Gasteiger partial charge in [0, 0.05) is 27.9 Å². The van der Waals surface area contributed by atoms with Crippen molar-refractivity contribution >= 4 is 23.2 Å². The lowest BCUT2D eigenvalue weighted by atomic mass is 10.2. The largest absolute Gasteiger partial charge is 0.493 e. The molecule has 28 heavy (non-hydrogen) atoms. The van der Waals surface area contributed by atoms with E-state index in [2.05, 4.69) is 5.32 Å². The molecule has 0 aliphatic heterocycles. The summed E-state index contributed by atoms with van der Waals surface area (Å²) < 4.78 is 16.2. The van der Waals surface area contributed by atoms with Gasteiger partial charge in [0.05, 0.1) is 14.2 Å². The van der Waals surface area contributed by atoms with E-state index < -0.39 is 0 Å². The van der Waals surface area contributed by atoms with Crippen LogP contribution in [0.25, 0.3) is 0 Å². The molecule has 3 rings (SSSR count). The lowest BCUT2D eigenvalue weighted by Gasteiger charge is -2.11. The standard InChI is InChI=1S/C22H20ClNO4/c1-26-20-11-10-17(13-21(20)27-2)24-22(25)15-7-5-8-18(12-15)28-14-16-6-3-4-9-19(16)23/h3-13H,14H2,1-2H3,(H,24,25). The van der Waals surface area contributed by atoms with E-state index in [0.29, 0.717) is 40.1 Å². The summed E-state index contributed by atoms with van der Waals surface area (Å²) >= 11 is 6.15. The van der Waals surface area contributed by atoms with E-state index in [9.17, 15) is 4.79 Å². The van der Waals surface area contributed by atoms with Crippen LogP contribution in [0.4, 0.5) is 5.69 Å². The number of amides is 1. The molecule has 0 bridgehead atoms. The highest BCUT2D eigenvalue weighted by atomic mass is 35.5. The zero-order chi connectivity index (χ0) is 19.9. The molecule has 0 heterocycles. The Morgan fingerprint density at radius 2 is 1.71 bits per heavy atom. The molecule has 5 nitrogen and oxygen atoms in total. The number of anilines is 1. The molecule has 0 aliphatic rings. The first kappa shape index (κ1) is 19.6. The third-order valence-corrected chi connectivity index (χ3v) is 4.46. The maximum atomic E-state index is 12.6. The minimum atomic E-state index is -0.254. The molecule has 0 radical (unpaired) electrons. The average Bonchev–Trinajstić information content (AvgIpc) is 2.73. The van der Waals surface area contributed by atoms with Crippen molar-refractivity contribution in [3.8, 4) is 17.2 Å². The molecule has 0 saturated heterocycles. The van der Waals surface area contributed by atoms with Crippen LogP contribution in [0.3, 0.4) is 0 Å². The van der Waals surface area contributed by atoms with Gasteiger partial charge in [-0.15, -0.1) is 0 Å². The third kappa shape index (κ3) is 4.75. The summed E-state index contributed by atoms with van der Waals surface area (Å²) in [5, 5.41) is 3.49. The van der Waals surface area contributed by atoms with Gasteiger partial charge in [0.25, 0.3) is 5.91 Å². The predicted molar refractivity (Wildman–Crippen MR) is 110 cm³/mol. The number of hydrogen-bond donors (Lipinski definition) is 1. The van der Waals surface area contributed by atoms with Crippen molar-refractivity contribution in [2.24, 2.45) is 0 Å². The van der Waals surface area contributed by atoms with Crippen molar-refractivity contribution in [3.05, 3.63) is 82.9 Å². The quantitative estimate of drug-likeness (QED) is 0.596. The van der Waals surface area contributed by atoms with Gasteiger partial charge in [0.15, 0.2) is 11.5 Å². The van der Waals surface area contributed by atoms with Crippen molar-refractivity contribution in [1.82, 2.24) is 0 Å². The van der Waals surface area contributed by atoms with Crippen molar-refractivity contribution in [3.63, 3.8) is 0 Å². The molecule has 0 aliphatic carbocycles. The molecule has 1 amide bonds. The van der Waals surface area contributed by atoms with Crippen LogP contribution in [0.1, 0.15) is 15.9 Å². The normalized spacial score (nSPS) is 10.2. The zero-order valence-corrected chi connectivity index (χ0v) is 16.3. The number of rotatable bonds is 7. The molecule has 0 atom stereocenters. The molecular weight excluding hydrogens is 378 g/mol. The van der Waals surface area contributed by atoms with Gasteiger partial charge in [0.1, 0.15) is 12.4 Å². The highest BCUT2D eigenvalue weighted by molar-refractivity contribution is 6.31. The Morgan fingerprint density at radius 1 is 0.929 bits per heavy atom. The number of carbonyl (C=O) groups excluding carboxylic acids is 1. The first-order chi connectivity index (χ1) is 13.6. The Labute approximate surface area is 168 Å². The maximum absolute atomic E-state index is 12.6. The maximum Gasteiger partial charge on any atom is 0.255 e. The van der Waals surface area contributed by atoms with Crippen LogP contribution in [-0.2, 0) is 6.61 Å². The molecule has 3 aromatic rings. The SMILES string of the molecule is COc1ccc(NC(=O)c2cccc(OCc3ccccc3Cl)c2)cc1OC. The van der Waals surface area contributed by atoms with Crippen LogP contribution in [-0.4, -0.2) is 20.1 Å². The number of benzene rings is 3. The lowest BCUT2D eigenvalue weighted by molar-refractivity contribution is 0.102. The summed E-state index contributed by atoms with van der Waals surface area (Å²) in [6.07, 6.45) is 0. The molecule has 0 aromatic heterocycles. The van der Waals surface area contributed by atoms with Crippen molar-refractivity contribution in [2.45, 2.75) is 6.61 Å². The van der Waals surface area contributed by atoms with Crippen LogP contribution < -0.4 is 19.5 Å². The Kier molecular flexibility index (Phi) is 6.40. The second kappa shape index (κ2) is 9.15. The van der Waals surface area contributed by atoms with Gasteiger partial charge < -0.3 is 19.5 Å².